The van der Waals surface area contributed by atoms with E-state index in [0.717, 1.165) is 109 Å². The van der Waals surface area contributed by atoms with Crippen LogP contribution in [0.2, 0.25) is 0 Å². The maximum absolute atomic E-state index is 12.9. The largest absolute Gasteiger partial charge is 0.462 e. The van der Waals surface area contributed by atoms with Crippen LogP contribution in [0.3, 0.4) is 0 Å². The quantitative estimate of drug-likeness (QED) is 0.0261. The van der Waals surface area contributed by atoms with E-state index in [0.29, 0.717) is 19.3 Å². The molecule has 0 aromatic carbocycles. The summed E-state index contributed by atoms with van der Waals surface area (Å²) in [5, 5.41) is 0. The first kappa shape index (κ1) is 72.8. The van der Waals surface area contributed by atoms with E-state index in [-0.39, 0.29) is 31.1 Å². The standard InChI is InChI=1S/C70H124O6/c1-4-7-10-13-16-19-22-25-28-31-33-34-35-36-37-40-42-45-48-51-54-57-60-63-69(72)75-66-67(65-74-68(71)62-59-56-53-50-47-44-41-38-30-27-24-21-18-15-12-9-6-3)76-70(73)64-61-58-55-52-49-46-43-39-32-29-26-23-20-17-14-11-8-5-2/h9,12,18,20-21,23,27,29-30,32,41,44,67H,4-8,10-11,13-17,19,22,24-26,28,31,33-40,42-43,45-66H2,1-3H3/b12-9-,21-18-,23-20-,30-27-,32-29-,44-41-. The van der Waals surface area contributed by atoms with E-state index in [4.69, 9.17) is 14.2 Å². The summed E-state index contributed by atoms with van der Waals surface area (Å²) >= 11 is 0. The zero-order chi connectivity index (χ0) is 55.0. The Bertz CT molecular complexity index is 1400. The van der Waals surface area contributed by atoms with E-state index >= 15 is 0 Å². The molecule has 76 heavy (non-hydrogen) atoms. The third-order valence-electron chi connectivity index (χ3n) is 14.4. The third-order valence-corrected chi connectivity index (χ3v) is 14.4. The van der Waals surface area contributed by atoms with Crippen LogP contribution in [0.5, 0.6) is 0 Å². The molecular weight excluding hydrogens is 937 g/mol. The molecule has 0 radical (unpaired) electrons. The first-order chi connectivity index (χ1) is 37.5. The molecule has 0 heterocycles. The number of unbranched alkanes of at least 4 members (excludes halogenated alkanes) is 37. The van der Waals surface area contributed by atoms with Crippen LogP contribution in [0.1, 0.15) is 335 Å². The minimum Gasteiger partial charge on any atom is -0.462 e. The van der Waals surface area contributed by atoms with Gasteiger partial charge in [0.15, 0.2) is 6.10 Å². The zero-order valence-electron chi connectivity index (χ0n) is 50.5. The number of carbonyl (C=O) groups excluding carboxylic acids is 3. The second-order valence-electron chi connectivity index (χ2n) is 22.0. The Morgan fingerprint density at radius 2 is 0.513 bits per heavy atom. The van der Waals surface area contributed by atoms with E-state index in [1.165, 1.54) is 186 Å². The maximum Gasteiger partial charge on any atom is 0.306 e. The van der Waals surface area contributed by atoms with Crippen LogP contribution in [0, 0.1) is 0 Å². The van der Waals surface area contributed by atoms with Crippen LogP contribution in [0.15, 0.2) is 72.9 Å². The van der Waals surface area contributed by atoms with Gasteiger partial charge in [-0.2, -0.15) is 0 Å². The average molecular weight is 1060 g/mol. The molecule has 440 valence electrons. The van der Waals surface area contributed by atoms with Gasteiger partial charge in [0.1, 0.15) is 13.2 Å². The van der Waals surface area contributed by atoms with Gasteiger partial charge in [0, 0.05) is 19.3 Å². The summed E-state index contributed by atoms with van der Waals surface area (Å²) in [4.78, 5) is 38.4. The van der Waals surface area contributed by atoms with Crippen LogP contribution in [0.4, 0.5) is 0 Å². The molecule has 0 spiro atoms. The van der Waals surface area contributed by atoms with Crippen LogP contribution < -0.4 is 0 Å². The fraction of sp³-hybridized carbons (Fsp3) is 0.786. The average Bonchev–Trinajstić information content (AvgIpc) is 3.42. The van der Waals surface area contributed by atoms with E-state index < -0.39 is 6.10 Å². The molecule has 0 saturated heterocycles. The monoisotopic (exact) mass is 1060 g/mol. The highest BCUT2D eigenvalue weighted by Crippen LogP contribution is 2.17. The Hall–Kier alpha value is -3.15. The van der Waals surface area contributed by atoms with Gasteiger partial charge in [-0.15, -0.1) is 0 Å². The van der Waals surface area contributed by atoms with Gasteiger partial charge in [0.25, 0.3) is 0 Å². The van der Waals surface area contributed by atoms with Crippen molar-refractivity contribution in [1.29, 1.82) is 0 Å². The summed E-state index contributed by atoms with van der Waals surface area (Å²) in [6, 6.07) is 0. The van der Waals surface area contributed by atoms with Gasteiger partial charge in [-0.25, -0.2) is 0 Å². The number of allylic oxidation sites excluding steroid dienone is 12. The van der Waals surface area contributed by atoms with Crippen LogP contribution >= 0.6 is 0 Å². The van der Waals surface area contributed by atoms with Crippen molar-refractivity contribution in [3.05, 3.63) is 72.9 Å². The Labute approximate surface area is 472 Å². The highest BCUT2D eigenvalue weighted by Gasteiger charge is 2.19. The van der Waals surface area contributed by atoms with Crippen molar-refractivity contribution in [1.82, 2.24) is 0 Å². The Balaban J connectivity index is 4.36. The van der Waals surface area contributed by atoms with Gasteiger partial charge in [0.05, 0.1) is 0 Å². The predicted molar refractivity (Wildman–Crippen MR) is 330 cm³/mol. The first-order valence-corrected chi connectivity index (χ1v) is 32.9. The van der Waals surface area contributed by atoms with Crippen molar-refractivity contribution in [3.8, 4) is 0 Å². The molecule has 0 saturated carbocycles. The summed E-state index contributed by atoms with van der Waals surface area (Å²) in [6.07, 6.45) is 83.4. The van der Waals surface area contributed by atoms with Crippen LogP contribution in [0.25, 0.3) is 0 Å². The molecule has 0 fully saturated rings. The second kappa shape index (κ2) is 64.4. The number of rotatable bonds is 60. The van der Waals surface area contributed by atoms with Crippen LogP contribution in [-0.2, 0) is 28.6 Å². The van der Waals surface area contributed by atoms with Crippen molar-refractivity contribution < 1.29 is 28.6 Å². The molecule has 0 bridgehead atoms. The normalized spacial score (nSPS) is 12.5. The molecule has 0 aromatic heterocycles. The van der Waals surface area contributed by atoms with Crippen molar-refractivity contribution in [3.63, 3.8) is 0 Å². The van der Waals surface area contributed by atoms with Crippen molar-refractivity contribution in [2.75, 3.05) is 13.2 Å². The molecule has 0 rings (SSSR count). The first-order valence-electron chi connectivity index (χ1n) is 32.9. The lowest BCUT2D eigenvalue weighted by molar-refractivity contribution is -0.167. The summed E-state index contributed by atoms with van der Waals surface area (Å²) in [5.41, 5.74) is 0. The van der Waals surface area contributed by atoms with Crippen molar-refractivity contribution >= 4 is 17.9 Å². The summed E-state index contributed by atoms with van der Waals surface area (Å²) < 4.78 is 16.9. The van der Waals surface area contributed by atoms with Gasteiger partial charge in [-0.1, -0.05) is 299 Å². The summed E-state index contributed by atoms with van der Waals surface area (Å²) in [6.45, 7) is 6.53. The summed E-state index contributed by atoms with van der Waals surface area (Å²) in [5.74, 6) is -0.899. The van der Waals surface area contributed by atoms with Gasteiger partial charge in [-0.05, 0) is 89.9 Å². The van der Waals surface area contributed by atoms with Gasteiger partial charge < -0.3 is 14.2 Å². The van der Waals surface area contributed by atoms with E-state index in [2.05, 4.69) is 93.7 Å². The number of hydrogen-bond donors (Lipinski definition) is 0. The summed E-state index contributed by atoms with van der Waals surface area (Å²) in [7, 11) is 0. The molecule has 6 heteroatoms. The van der Waals surface area contributed by atoms with E-state index in [9.17, 15) is 14.4 Å². The molecule has 0 aliphatic rings. The molecule has 0 aromatic rings. The smallest absolute Gasteiger partial charge is 0.306 e. The molecule has 0 aliphatic carbocycles. The number of esters is 3. The molecule has 0 amide bonds. The lowest BCUT2D eigenvalue weighted by Gasteiger charge is -2.18. The Morgan fingerprint density at radius 3 is 0.816 bits per heavy atom. The van der Waals surface area contributed by atoms with E-state index in [1.54, 1.807) is 0 Å². The van der Waals surface area contributed by atoms with Crippen LogP contribution in [-0.4, -0.2) is 37.2 Å². The minimum absolute atomic E-state index is 0.0838. The fourth-order valence-electron chi connectivity index (χ4n) is 9.53. The SMILES string of the molecule is CC/C=C\C/C=C\C/C=C\C/C=C\CCCCCCC(=O)OCC(COC(=O)CCCCCCCCCCCCCCCCCCCCCCCCC)OC(=O)CCCCCCCCC/C=C\C/C=C\CCCCCC. The molecule has 1 unspecified atom stereocenters. The van der Waals surface area contributed by atoms with Gasteiger partial charge >= 0.3 is 17.9 Å². The molecular formula is C70H124O6. The van der Waals surface area contributed by atoms with Crippen molar-refractivity contribution in [2.24, 2.45) is 0 Å². The number of carbonyl (C=O) groups is 3. The maximum atomic E-state index is 12.9. The minimum atomic E-state index is -0.790. The predicted octanol–water partition coefficient (Wildman–Crippen LogP) is 22.5. The van der Waals surface area contributed by atoms with E-state index in [1.807, 2.05) is 0 Å². The Kier molecular flexibility index (Phi) is 61.7. The fourth-order valence-corrected chi connectivity index (χ4v) is 9.53. The highest BCUT2D eigenvalue weighted by molar-refractivity contribution is 5.71. The highest BCUT2D eigenvalue weighted by atomic mass is 16.6. The van der Waals surface area contributed by atoms with Crippen molar-refractivity contribution in [2.45, 2.75) is 341 Å². The topological polar surface area (TPSA) is 78.9 Å². The molecule has 0 aliphatic heterocycles. The number of ether oxygens (including phenoxy) is 3. The molecule has 0 N–H and O–H groups in total. The Morgan fingerprint density at radius 1 is 0.276 bits per heavy atom. The second-order valence-corrected chi connectivity index (χ2v) is 22.0. The zero-order valence-corrected chi connectivity index (χ0v) is 50.5. The molecule has 1 atom stereocenters. The van der Waals surface area contributed by atoms with Gasteiger partial charge in [0.2, 0.25) is 0 Å². The molecule has 6 nitrogen and oxygen atoms in total. The third kappa shape index (κ3) is 61.7. The van der Waals surface area contributed by atoms with Gasteiger partial charge in [-0.3, -0.25) is 14.4 Å². The number of hydrogen-bond acceptors (Lipinski definition) is 6. The lowest BCUT2D eigenvalue weighted by Crippen LogP contribution is -2.30. The lowest BCUT2D eigenvalue weighted by atomic mass is 10.0.